The van der Waals surface area contributed by atoms with Crippen LogP contribution in [0.4, 0.5) is 0 Å². The van der Waals surface area contributed by atoms with Crippen molar-refractivity contribution in [3.05, 3.63) is 11.1 Å². The Balaban J connectivity index is 5.81. The van der Waals surface area contributed by atoms with Crippen molar-refractivity contribution < 1.29 is 0 Å². The zero-order valence-corrected chi connectivity index (χ0v) is 21.8. The third-order valence-electron chi connectivity index (χ3n) is 3.47. The highest BCUT2D eigenvalue weighted by Crippen LogP contribution is 2.35. The van der Waals surface area contributed by atoms with Gasteiger partial charge in [0, 0.05) is 32.3 Å². The largest absolute Gasteiger partial charge is 0.0769 e. The molecule has 0 radical (unpaired) electrons. The Kier molecular flexibility index (Phi) is 7.87. The van der Waals surface area contributed by atoms with Crippen LogP contribution in [0.1, 0.15) is 0 Å². The summed E-state index contributed by atoms with van der Waals surface area (Å²) in [5, 5.41) is 0. The summed E-state index contributed by atoms with van der Waals surface area (Å²) >= 11 is 0. The second-order valence-electron chi connectivity index (χ2n) is 12.2. The average molecular weight is 373 g/mol. The SMILES string of the molecule is C[Si](C)(C)CC(C[Si](C)(C)C)=C(C[Si](C)(C)C)C[Si](C)(C)C. The van der Waals surface area contributed by atoms with E-state index in [1.807, 2.05) is 11.1 Å². The van der Waals surface area contributed by atoms with Gasteiger partial charge < -0.3 is 0 Å². The third kappa shape index (κ3) is 13.1. The third-order valence-corrected chi connectivity index (χ3v) is 9.42. The first-order chi connectivity index (χ1) is 9.38. The fraction of sp³-hybridized carbons (Fsp3) is 0.889. The van der Waals surface area contributed by atoms with E-state index in [1.165, 1.54) is 24.2 Å². The minimum absolute atomic E-state index is 1.04. The molecule has 0 aromatic carbocycles. The second-order valence-corrected chi connectivity index (χ2v) is 34.1. The Labute approximate surface area is 146 Å². The van der Waals surface area contributed by atoms with Gasteiger partial charge in [-0.05, 0) is 24.2 Å². The summed E-state index contributed by atoms with van der Waals surface area (Å²) in [6, 6.07) is 5.78. The first-order valence-corrected chi connectivity index (χ1v) is 23.9. The van der Waals surface area contributed by atoms with Crippen LogP contribution < -0.4 is 0 Å². The van der Waals surface area contributed by atoms with Gasteiger partial charge in [0.15, 0.2) is 0 Å². The summed E-state index contributed by atoms with van der Waals surface area (Å²) in [6.07, 6.45) is 0. The van der Waals surface area contributed by atoms with Crippen LogP contribution >= 0.6 is 0 Å². The predicted molar refractivity (Wildman–Crippen MR) is 120 cm³/mol. The van der Waals surface area contributed by atoms with E-state index in [9.17, 15) is 0 Å². The van der Waals surface area contributed by atoms with E-state index in [0.29, 0.717) is 0 Å². The molecule has 132 valence electrons. The summed E-state index contributed by atoms with van der Waals surface area (Å²) in [6.45, 7) is 30.6. The first-order valence-electron chi connectivity index (χ1n) is 9.08. The number of hydrogen-bond acceptors (Lipinski definition) is 0. The van der Waals surface area contributed by atoms with Gasteiger partial charge in [-0.2, -0.15) is 0 Å². The number of rotatable bonds is 8. The molecule has 0 N–H and O–H groups in total. The lowest BCUT2D eigenvalue weighted by Crippen LogP contribution is -2.30. The van der Waals surface area contributed by atoms with Crippen molar-refractivity contribution in [2.75, 3.05) is 0 Å². The van der Waals surface area contributed by atoms with Gasteiger partial charge in [-0.1, -0.05) is 89.7 Å². The maximum absolute atomic E-state index is 2.55. The van der Waals surface area contributed by atoms with Crippen molar-refractivity contribution in [2.24, 2.45) is 0 Å². The van der Waals surface area contributed by atoms with Gasteiger partial charge in [-0.25, -0.2) is 0 Å². The van der Waals surface area contributed by atoms with Gasteiger partial charge in [0.1, 0.15) is 0 Å². The Bertz CT molecular complexity index is 307. The normalized spacial score (nSPS) is 14.2. The van der Waals surface area contributed by atoms with E-state index in [0.717, 1.165) is 0 Å². The standard InChI is InChI=1S/C18H44Si4/c1-19(2,3)13-17(14-20(4,5)6)18(15-21(7,8)9)16-22(10,11)12/h13-16H2,1-12H3. The first kappa shape index (κ1) is 22.6. The lowest BCUT2D eigenvalue weighted by Gasteiger charge is -2.31. The number of allylic oxidation sites excluding steroid dienone is 2. The Morgan fingerprint density at radius 2 is 0.500 bits per heavy atom. The molecule has 0 aromatic heterocycles. The molecule has 0 bridgehead atoms. The molecule has 0 saturated carbocycles. The van der Waals surface area contributed by atoms with Crippen LogP contribution in [-0.2, 0) is 0 Å². The highest BCUT2D eigenvalue weighted by atomic mass is 28.3. The summed E-state index contributed by atoms with van der Waals surface area (Å²) in [5.41, 5.74) is 3.84. The van der Waals surface area contributed by atoms with Crippen molar-refractivity contribution in [1.29, 1.82) is 0 Å². The van der Waals surface area contributed by atoms with Crippen LogP contribution in [0.15, 0.2) is 11.1 Å². The van der Waals surface area contributed by atoms with Gasteiger partial charge >= 0.3 is 0 Å². The van der Waals surface area contributed by atoms with E-state index >= 15 is 0 Å². The van der Waals surface area contributed by atoms with Crippen LogP contribution in [0, 0.1) is 0 Å². The summed E-state index contributed by atoms with van der Waals surface area (Å²) in [4.78, 5) is 0. The van der Waals surface area contributed by atoms with Gasteiger partial charge in [-0.15, -0.1) is 0 Å². The molecule has 0 atom stereocenters. The molecule has 0 heterocycles. The molecule has 0 spiro atoms. The van der Waals surface area contributed by atoms with E-state index in [1.54, 1.807) is 0 Å². The van der Waals surface area contributed by atoms with Gasteiger partial charge in [0.25, 0.3) is 0 Å². The van der Waals surface area contributed by atoms with Crippen molar-refractivity contribution in [1.82, 2.24) is 0 Å². The average Bonchev–Trinajstić information content (AvgIpc) is 2.05. The zero-order valence-electron chi connectivity index (χ0n) is 17.8. The molecule has 0 amide bonds. The highest BCUT2D eigenvalue weighted by molar-refractivity contribution is 6.80. The number of hydrogen-bond donors (Lipinski definition) is 0. The van der Waals surface area contributed by atoms with Crippen LogP contribution in [0.5, 0.6) is 0 Å². The Morgan fingerprint density at radius 3 is 0.591 bits per heavy atom. The van der Waals surface area contributed by atoms with Crippen LogP contribution in [0.3, 0.4) is 0 Å². The van der Waals surface area contributed by atoms with E-state index in [4.69, 9.17) is 0 Å². The van der Waals surface area contributed by atoms with E-state index in [2.05, 4.69) is 78.6 Å². The molecule has 22 heavy (non-hydrogen) atoms. The Morgan fingerprint density at radius 1 is 0.364 bits per heavy atom. The molecule has 0 aliphatic heterocycles. The van der Waals surface area contributed by atoms with Crippen LogP contribution in [0.2, 0.25) is 103 Å². The van der Waals surface area contributed by atoms with E-state index in [-0.39, 0.29) is 0 Å². The molecule has 4 heteroatoms. The van der Waals surface area contributed by atoms with Crippen molar-refractivity contribution in [2.45, 2.75) is 103 Å². The highest BCUT2D eigenvalue weighted by Gasteiger charge is 2.28. The van der Waals surface area contributed by atoms with Crippen molar-refractivity contribution in [3.8, 4) is 0 Å². The lowest BCUT2D eigenvalue weighted by atomic mass is 10.2. The van der Waals surface area contributed by atoms with Crippen molar-refractivity contribution in [3.63, 3.8) is 0 Å². The van der Waals surface area contributed by atoms with Gasteiger partial charge in [0.2, 0.25) is 0 Å². The minimum Gasteiger partial charge on any atom is -0.0769 e. The lowest BCUT2D eigenvalue weighted by molar-refractivity contribution is 1.13. The topological polar surface area (TPSA) is 0 Å². The monoisotopic (exact) mass is 372 g/mol. The maximum atomic E-state index is 2.55. The molecule has 0 rings (SSSR count). The van der Waals surface area contributed by atoms with E-state index < -0.39 is 32.3 Å². The molecule has 0 aromatic rings. The Hall–Kier alpha value is 0.608. The molecule has 0 fully saturated rings. The maximum Gasteiger partial charge on any atom is 0.0483 e. The smallest absolute Gasteiger partial charge is 0.0483 e. The molecule has 0 unspecified atom stereocenters. The van der Waals surface area contributed by atoms with Crippen LogP contribution in [-0.4, -0.2) is 32.3 Å². The fourth-order valence-corrected chi connectivity index (χ4v) is 10.3. The minimum atomic E-state index is -1.04. The molecule has 0 saturated heterocycles. The van der Waals surface area contributed by atoms with Gasteiger partial charge in [-0.3, -0.25) is 0 Å². The van der Waals surface area contributed by atoms with Crippen molar-refractivity contribution >= 4 is 32.3 Å². The quantitative estimate of drug-likeness (QED) is 0.303. The fourth-order valence-electron chi connectivity index (χ4n) is 3.19. The molecule has 0 aliphatic rings. The summed E-state index contributed by atoms with van der Waals surface area (Å²) < 4.78 is 0. The zero-order chi connectivity index (χ0) is 18.0. The van der Waals surface area contributed by atoms with Gasteiger partial charge in [0.05, 0.1) is 0 Å². The summed E-state index contributed by atoms with van der Waals surface area (Å²) in [5.74, 6) is 0. The second kappa shape index (κ2) is 7.66. The molecule has 0 nitrogen and oxygen atoms in total. The van der Waals surface area contributed by atoms with Crippen LogP contribution in [0.25, 0.3) is 0 Å². The predicted octanol–water partition coefficient (Wildman–Crippen LogP) is 7.64. The molecular formula is C18H44Si4. The summed E-state index contributed by atoms with van der Waals surface area (Å²) in [7, 11) is -4.15. The molecule has 0 aliphatic carbocycles. The molecular weight excluding hydrogens is 329 g/mol.